The van der Waals surface area contributed by atoms with E-state index in [0.717, 1.165) is 0 Å². The molecule has 0 aliphatic heterocycles. The maximum atomic E-state index is 8.85. The minimum absolute atomic E-state index is 0.0222. The largest absolute Gasteiger partial charge is 0.266 e. The van der Waals surface area contributed by atoms with Crippen molar-refractivity contribution in [1.29, 1.82) is 10.5 Å². The lowest BCUT2D eigenvalue weighted by molar-refractivity contribution is 0.492. The van der Waals surface area contributed by atoms with Crippen LogP contribution in [0.3, 0.4) is 0 Å². The van der Waals surface area contributed by atoms with Crippen molar-refractivity contribution in [3.05, 3.63) is 57.5 Å². The predicted octanol–water partition coefficient (Wildman–Crippen LogP) is 2.98. The molecule has 0 unspecified atom stereocenters. The van der Waals surface area contributed by atoms with Gasteiger partial charge in [0.05, 0.1) is 25.3 Å². The molecule has 0 aromatic rings. The minimum atomic E-state index is -0.637. The zero-order valence-electron chi connectivity index (χ0n) is 9.50. The summed E-state index contributed by atoms with van der Waals surface area (Å²) in [5, 5.41) is 17.7. The lowest BCUT2D eigenvalue weighted by Gasteiger charge is -2.45. The fourth-order valence-corrected chi connectivity index (χ4v) is 2.09. The van der Waals surface area contributed by atoms with E-state index in [4.69, 9.17) is 23.7 Å². The van der Waals surface area contributed by atoms with Crippen molar-refractivity contribution in [1.82, 2.24) is 0 Å². The average Bonchev–Trinajstić information content (AvgIpc) is 2.31. The topological polar surface area (TPSA) is 56.3 Å². The van der Waals surface area contributed by atoms with Crippen LogP contribution in [0, 0.1) is 41.2 Å². The van der Waals surface area contributed by atoms with Crippen LogP contribution in [-0.2, 0) is 0 Å². The van der Waals surface area contributed by atoms with Crippen LogP contribution in [-0.4, -0.2) is 0 Å². The van der Waals surface area contributed by atoms with E-state index >= 15 is 0 Å². The summed E-state index contributed by atoms with van der Waals surface area (Å²) in [6.07, 6.45) is 0. The van der Waals surface area contributed by atoms with Gasteiger partial charge in [-0.2, -0.15) is 0 Å². The number of nitriles is 2. The molecule has 4 heteroatoms. The molecule has 0 aromatic carbocycles. The Kier molecular flexibility index (Phi) is 2.86. The molecule has 0 radical (unpaired) electrons. The van der Waals surface area contributed by atoms with Crippen molar-refractivity contribution in [3.63, 3.8) is 0 Å². The van der Waals surface area contributed by atoms with Crippen LogP contribution in [0.4, 0.5) is 0 Å². The zero-order chi connectivity index (χ0) is 13.2. The van der Waals surface area contributed by atoms with Crippen LogP contribution >= 0.6 is 0 Å². The highest BCUT2D eigenvalue weighted by Crippen LogP contribution is 2.56. The molecule has 0 amide bonds. The molecule has 1 fully saturated rings. The highest BCUT2D eigenvalue weighted by molar-refractivity contribution is 5.72. The van der Waals surface area contributed by atoms with Gasteiger partial charge in [-0.25, -0.2) is 20.2 Å². The second-order valence-electron chi connectivity index (χ2n) is 4.00. The van der Waals surface area contributed by atoms with Crippen LogP contribution in [0.1, 0.15) is 13.8 Å². The molecule has 0 bridgehead atoms. The molecule has 80 valence electrons. The fourth-order valence-electron chi connectivity index (χ4n) is 2.09. The summed E-state index contributed by atoms with van der Waals surface area (Å²) in [5.41, 5.74) is 0.831. The monoisotopic (exact) mass is 220 g/mol. The Morgan fingerprint density at radius 3 is 1.65 bits per heavy atom. The number of rotatable bonds is 0. The van der Waals surface area contributed by atoms with Crippen molar-refractivity contribution in [3.8, 4) is 12.1 Å². The molecule has 0 spiro atoms. The Morgan fingerprint density at radius 1 is 1.12 bits per heavy atom. The molecule has 0 saturated heterocycles. The number of hydrogen-bond donors (Lipinski definition) is 0. The van der Waals surface area contributed by atoms with Crippen molar-refractivity contribution in [2.75, 3.05) is 0 Å². The summed E-state index contributed by atoms with van der Waals surface area (Å²) in [6.45, 7) is 21.1. The molecule has 1 saturated carbocycles. The highest BCUT2D eigenvalue weighted by Gasteiger charge is 2.45. The Labute approximate surface area is 100 Å². The van der Waals surface area contributed by atoms with E-state index in [0.29, 0.717) is 16.7 Å². The van der Waals surface area contributed by atoms with Gasteiger partial charge in [0.15, 0.2) is 0 Å². The van der Waals surface area contributed by atoms with Gasteiger partial charge in [-0.3, -0.25) is 0 Å². The summed E-state index contributed by atoms with van der Waals surface area (Å²) in [4.78, 5) is 6.29. The second kappa shape index (κ2) is 3.97. The van der Waals surface area contributed by atoms with Gasteiger partial charge in [0.25, 0.3) is 11.4 Å². The molecule has 1 aliphatic rings. The fraction of sp³-hybridized carbons (Fsp3) is 0.231. The van der Waals surface area contributed by atoms with Crippen LogP contribution in [0.15, 0.2) is 34.7 Å². The first-order valence-electron chi connectivity index (χ1n) is 4.70. The summed E-state index contributed by atoms with van der Waals surface area (Å²) >= 11 is 0. The maximum Gasteiger partial charge on any atom is 0.266 e. The number of allylic oxidation sites excluding steroid dienone is 5. The summed E-state index contributed by atoms with van der Waals surface area (Å²) < 4.78 is 0. The van der Waals surface area contributed by atoms with E-state index in [-0.39, 0.29) is 11.4 Å². The van der Waals surface area contributed by atoms with E-state index in [2.05, 4.69) is 16.3 Å². The molecule has 1 aliphatic carbocycles. The second-order valence-corrected chi connectivity index (χ2v) is 4.00. The Morgan fingerprint density at radius 2 is 1.47 bits per heavy atom. The van der Waals surface area contributed by atoms with Crippen LogP contribution < -0.4 is 0 Å². The molecule has 4 nitrogen and oxygen atoms in total. The van der Waals surface area contributed by atoms with Crippen molar-refractivity contribution < 1.29 is 0 Å². The molecule has 17 heavy (non-hydrogen) atoms. The molecular formula is C13H8N4. The van der Waals surface area contributed by atoms with Gasteiger partial charge >= 0.3 is 0 Å². The molecule has 0 N–H and O–H groups in total. The first-order chi connectivity index (χ1) is 7.95. The smallest absolute Gasteiger partial charge is 0.226 e. The normalized spacial score (nSPS) is 22.1. The van der Waals surface area contributed by atoms with Crippen LogP contribution in [0.2, 0.25) is 0 Å². The van der Waals surface area contributed by atoms with Crippen LogP contribution in [0.25, 0.3) is 9.69 Å². The maximum absolute atomic E-state index is 8.85. The summed E-state index contributed by atoms with van der Waals surface area (Å²) in [5.74, 6) is 0. The van der Waals surface area contributed by atoms with Crippen molar-refractivity contribution >= 4 is 0 Å². The lowest BCUT2D eigenvalue weighted by Crippen LogP contribution is -2.33. The Balaban J connectivity index is 3.56. The third kappa shape index (κ3) is 1.50. The minimum Gasteiger partial charge on any atom is -0.226 e. The Bertz CT molecular complexity index is 545. The SMILES string of the molecule is [C-]#[N+]C(C#N)=C1C(=C)C(=C(C#N)[N+]#[C-])C1(C)C. The first kappa shape index (κ1) is 12.3. The number of nitrogens with zero attached hydrogens (tertiary/aromatic N) is 4. The predicted molar refractivity (Wildman–Crippen MR) is 61.4 cm³/mol. The van der Waals surface area contributed by atoms with E-state index in [9.17, 15) is 0 Å². The van der Waals surface area contributed by atoms with Gasteiger partial charge < -0.3 is 0 Å². The van der Waals surface area contributed by atoms with E-state index in [1.54, 1.807) is 13.8 Å². The van der Waals surface area contributed by atoms with E-state index < -0.39 is 5.41 Å². The van der Waals surface area contributed by atoms with Gasteiger partial charge in [-0.05, 0) is 22.1 Å². The van der Waals surface area contributed by atoms with E-state index in [1.165, 1.54) is 0 Å². The van der Waals surface area contributed by atoms with Gasteiger partial charge in [-0.1, -0.05) is 20.4 Å². The molecule has 0 aromatic heterocycles. The van der Waals surface area contributed by atoms with Gasteiger partial charge in [-0.15, -0.1) is 0 Å². The third-order valence-corrected chi connectivity index (χ3v) is 2.76. The quantitative estimate of drug-likeness (QED) is 0.465. The average molecular weight is 220 g/mol. The van der Waals surface area contributed by atoms with Crippen LogP contribution in [0.5, 0.6) is 0 Å². The number of hydrogen-bond acceptors (Lipinski definition) is 2. The standard InChI is InChI=1S/C13H8N4/c1-8-11(9(6-14)16-4)13(2,3)12(8)10(7-15)17-5/h1H2,2-3H3. The molecular weight excluding hydrogens is 212 g/mol. The Hall–Kier alpha value is -2.82. The third-order valence-electron chi connectivity index (χ3n) is 2.76. The van der Waals surface area contributed by atoms with Crippen molar-refractivity contribution in [2.24, 2.45) is 5.41 Å². The molecule has 0 heterocycles. The lowest BCUT2D eigenvalue weighted by atomic mass is 9.58. The van der Waals surface area contributed by atoms with Crippen molar-refractivity contribution in [2.45, 2.75) is 13.8 Å². The van der Waals surface area contributed by atoms with Gasteiger partial charge in [0.2, 0.25) is 0 Å². The summed E-state index contributed by atoms with van der Waals surface area (Å²) in [7, 11) is 0. The highest BCUT2D eigenvalue weighted by atomic mass is 14.7. The van der Waals surface area contributed by atoms with Gasteiger partial charge in [0.1, 0.15) is 0 Å². The van der Waals surface area contributed by atoms with Gasteiger partial charge in [0, 0.05) is 0 Å². The zero-order valence-corrected chi connectivity index (χ0v) is 9.50. The first-order valence-corrected chi connectivity index (χ1v) is 4.70. The molecule has 0 atom stereocenters. The van der Waals surface area contributed by atoms with E-state index in [1.807, 2.05) is 12.1 Å². The summed E-state index contributed by atoms with van der Waals surface area (Å²) in [6, 6.07) is 3.63. The molecule has 1 rings (SSSR count).